The minimum atomic E-state index is -3.75. The summed E-state index contributed by atoms with van der Waals surface area (Å²) in [4.78, 5) is 10.8. The number of alkyl halides is 2. The molecule has 11 heteroatoms. The molecule has 1 amide bonds. The van der Waals surface area contributed by atoms with Crippen LogP contribution in [0.2, 0.25) is 0 Å². The lowest BCUT2D eigenvalue weighted by molar-refractivity contribution is -0.132. The molecule has 158 valence electrons. The highest BCUT2D eigenvalue weighted by Gasteiger charge is 2.22. The third-order valence-corrected chi connectivity index (χ3v) is 5.01. The molecule has 0 saturated heterocycles. The summed E-state index contributed by atoms with van der Waals surface area (Å²) in [6, 6.07) is 10.4. The highest BCUT2D eigenvalue weighted by molar-refractivity contribution is 7.92. The van der Waals surface area contributed by atoms with Crippen molar-refractivity contribution in [3.05, 3.63) is 59.4 Å². The van der Waals surface area contributed by atoms with Crippen molar-refractivity contribution in [2.75, 3.05) is 17.7 Å². The number of hydrazine groups is 1. The van der Waals surface area contributed by atoms with Gasteiger partial charge >= 0.3 is 12.3 Å². The molecule has 2 rings (SSSR count). The average molecular weight is 431 g/mol. The van der Waals surface area contributed by atoms with E-state index in [0.717, 1.165) is 16.6 Å². The maximum Gasteiger partial charge on any atom is 0.316 e. The van der Waals surface area contributed by atoms with Crippen LogP contribution in [0.15, 0.2) is 42.5 Å². The predicted molar refractivity (Wildman–Crippen MR) is 101 cm³/mol. The first kappa shape index (κ1) is 22.5. The smallest absolute Gasteiger partial charge is 0.316 e. The number of sulfonamides is 1. The fraction of sp³-hybridized carbons (Fsp3) is 0.278. The van der Waals surface area contributed by atoms with Crippen molar-refractivity contribution in [2.24, 2.45) is 0 Å². The number of halogens is 3. The van der Waals surface area contributed by atoms with Gasteiger partial charge in [-0.2, -0.15) is 8.78 Å². The molecule has 0 aliphatic rings. The van der Waals surface area contributed by atoms with E-state index in [1.807, 2.05) is 0 Å². The van der Waals surface area contributed by atoms with Crippen molar-refractivity contribution >= 4 is 21.6 Å². The molecule has 0 aromatic heterocycles. The van der Waals surface area contributed by atoms with Crippen LogP contribution in [0.25, 0.3) is 0 Å². The number of carbonyl (C=O) groups excluding carboxylic acids is 1. The van der Waals surface area contributed by atoms with Gasteiger partial charge in [0.25, 0.3) is 0 Å². The number of ether oxygens (including phenoxy) is 1. The van der Waals surface area contributed by atoms with Crippen LogP contribution < -0.4 is 19.9 Å². The van der Waals surface area contributed by atoms with Crippen LogP contribution in [0, 0.1) is 5.82 Å². The molecule has 0 aliphatic heterocycles. The summed E-state index contributed by atoms with van der Waals surface area (Å²) in [7, 11) is -2.35. The normalized spacial score (nSPS) is 11.4. The zero-order valence-electron chi connectivity index (χ0n) is 15.7. The first-order chi connectivity index (χ1) is 13.6. The van der Waals surface area contributed by atoms with Gasteiger partial charge in [0.2, 0.25) is 10.0 Å². The molecule has 29 heavy (non-hydrogen) atoms. The number of methoxy groups -OCH3 is 1. The van der Waals surface area contributed by atoms with Gasteiger partial charge in [-0.25, -0.2) is 18.2 Å². The molecule has 0 radical (unpaired) electrons. The summed E-state index contributed by atoms with van der Waals surface area (Å²) >= 11 is 0. The molecular formula is C18H20F3N3O4S. The standard InChI is InChI=1S/C18H20F3N3O4S/c1-28-16-6-4-3-5-15(16)24(29(2,26)27)11-13-8-7-12(9-14(13)19)10-22-23-18(25)17(20)21/h3-9,17,22H,10-11H2,1-2H3,(H,23,25). The van der Waals surface area contributed by atoms with E-state index in [1.54, 1.807) is 29.7 Å². The van der Waals surface area contributed by atoms with E-state index in [1.165, 1.54) is 19.2 Å². The second-order valence-electron chi connectivity index (χ2n) is 6.01. The van der Waals surface area contributed by atoms with Gasteiger partial charge in [0.1, 0.15) is 11.6 Å². The van der Waals surface area contributed by atoms with Gasteiger partial charge < -0.3 is 4.74 Å². The fourth-order valence-electron chi connectivity index (χ4n) is 2.49. The first-order valence-corrected chi connectivity index (χ1v) is 10.2. The number of rotatable bonds is 9. The zero-order chi connectivity index (χ0) is 21.6. The lowest BCUT2D eigenvalue weighted by Gasteiger charge is -2.24. The fourth-order valence-corrected chi connectivity index (χ4v) is 3.37. The van der Waals surface area contributed by atoms with Crippen molar-refractivity contribution < 1.29 is 31.1 Å². The number of anilines is 1. The van der Waals surface area contributed by atoms with Gasteiger partial charge in [0.15, 0.2) is 0 Å². The van der Waals surface area contributed by atoms with Gasteiger partial charge in [0.05, 0.1) is 25.6 Å². The van der Waals surface area contributed by atoms with Gasteiger partial charge in [0, 0.05) is 12.1 Å². The topological polar surface area (TPSA) is 87.7 Å². The molecular weight excluding hydrogens is 411 g/mol. The number of benzene rings is 2. The third-order valence-electron chi connectivity index (χ3n) is 3.89. The highest BCUT2D eigenvalue weighted by atomic mass is 32.2. The molecule has 0 unspecified atom stereocenters. The van der Waals surface area contributed by atoms with E-state index >= 15 is 0 Å². The molecule has 0 aliphatic carbocycles. The van der Waals surface area contributed by atoms with E-state index < -0.39 is 28.2 Å². The van der Waals surface area contributed by atoms with Crippen LogP contribution in [0.3, 0.4) is 0 Å². The number of hydrogen-bond acceptors (Lipinski definition) is 5. The summed E-state index contributed by atoms with van der Waals surface area (Å²) < 4.78 is 69.5. The number of hydrogen-bond donors (Lipinski definition) is 2. The molecule has 0 spiro atoms. The minimum absolute atomic E-state index is 0.0988. The molecule has 2 aromatic carbocycles. The number of nitrogens with one attached hydrogen (secondary N) is 2. The maximum atomic E-state index is 14.5. The molecule has 0 fully saturated rings. The van der Waals surface area contributed by atoms with Crippen molar-refractivity contribution in [3.63, 3.8) is 0 Å². The van der Waals surface area contributed by atoms with Crippen molar-refractivity contribution in [1.29, 1.82) is 0 Å². The molecule has 7 nitrogen and oxygen atoms in total. The van der Waals surface area contributed by atoms with Gasteiger partial charge in [-0.05, 0) is 23.8 Å². The molecule has 2 aromatic rings. The quantitative estimate of drug-likeness (QED) is 0.595. The van der Waals surface area contributed by atoms with Crippen LogP contribution in [-0.2, 0) is 27.9 Å². The Morgan fingerprint density at radius 1 is 1.21 bits per heavy atom. The summed E-state index contributed by atoms with van der Waals surface area (Å²) in [5.41, 5.74) is 4.78. The van der Waals surface area contributed by atoms with Crippen LogP contribution in [-0.4, -0.2) is 34.1 Å². The molecule has 0 saturated carbocycles. The average Bonchev–Trinajstić information content (AvgIpc) is 2.66. The number of para-hydroxylation sites is 2. The summed E-state index contributed by atoms with van der Waals surface area (Å²) in [5.74, 6) is -1.87. The maximum absolute atomic E-state index is 14.5. The Morgan fingerprint density at radius 2 is 1.90 bits per heavy atom. The van der Waals surface area contributed by atoms with E-state index in [9.17, 15) is 26.4 Å². The van der Waals surface area contributed by atoms with E-state index in [0.29, 0.717) is 11.3 Å². The van der Waals surface area contributed by atoms with Crippen molar-refractivity contribution in [2.45, 2.75) is 19.5 Å². The third kappa shape index (κ3) is 6.09. The van der Waals surface area contributed by atoms with Gasteiger partial charge in [-0.1, -0.05) is 24.3 Å². The van der Waals surface area contributed by atoms with Crippen LogP contribution in [0.5, 0.6) is 5.75 Å². The predicted octanol–water partition coefficient (Wildman–Crippen LogP) is 2.19. The van der Waals surface area contributed by atoms with Gasteiger partial charge in [-0.15, -0.1) is 0 Å². The molecule has 0 atom stereocenters. The highest BCUT2D eigenvalue weighted by Crippen LogP contribution is 2.31. The number of nitrogens with zero attached hydrogens (tertiary/aromatic N) is 1. The summed E-state index contributed by atoms with van der Waals surface area (Å²) in [6.45, 7) is -0.376. The number of amides is 1. The second-order valence-corrected chi connectivity index (χ2v) is 7.92. The van der Waals surface area contributed by atoms with Gasteiger partial charge in [-0.3, -0.25) is 14.5 Å². The lowest BCUT2D eigenvalue weighted by atomic mass is 10.1. The SMILES string of the molecule is COc1ccccc1N(Cc1ccc(CNNC(=O)C(F)F)cc1F)S(C)(=O)=O. The Balaban J connectivity index is 2.19. The minimum Gasteiger partial charge on any atom is -0.495 e. The Morgan fingerprint density at radius 3 is 2.48 bits per heavy atom. The first-order valence-electron chi connectivity index (χ1n) is 8.32. The molecule has 0 bridgehead atoms. The summed E-state index contributed by atoms with van der Waals surface area (Å²) in [6.07, 6.45) is -2.17. The zero-order valence-corrected chi connectivity index (χ0v) is 16.5. The van der Waals surface area contributed by atoms with Crippen LogP contribution in [0.4, 0.5) is 18.9 Å². The Bertz CT molecular complexity index is 971. The second kappa shape index (κ2) is 9.61. The largest absolute Gasteiger partial charge is 0.495 e. The Kier molecular flexibility index (Phi) is 7.46. The van der Waals surface area contributed by atoms with E-state index in [2.05, 4.69) is 5.43 Å². The lowest BCUT2D eigenvalue weighted by Crippen LogP contribution is -2.40. The monoisotopic (exact) mass is 431 g/mol. The van der Waals surface area contributed by atoms with Crippen molar-refractivity contribution in [1.82, 2.24) is 10.9 Å². The summed E-state index contributed by atoms with van der Waals surface area (Å²) in [5, 5.41) is 0. The Labute approximate surface area is 166 Å². The van der Waals surface area contributed by atoms with Crippen LogP contribution in [0.1, 0.15) is 11.1 Å². The number of carbonyl (C=O) groups is 1. The van der Waals surface area contributed by atoms with Crippen LogP contribution >= 0.6 is 0 Å². The van der Waals surface area contributed by atoms with Crippen molar-refractivity contribution in [3.8, 4) is 5.75 Å². The molecule has 2 N–H and O–H groups in total. The van der Waals surface area contributed by atoms with E-state index in [-0.39, 0.29) is 24.3 Å². The van der Waals surface area contributed by atoms with E-state index in [4.69, 9.17) is 4.74 Å². The Hall–Kier alpha value is -2.79. The molecule has 0 heterocycles.